The highest BCUT2D eigenvalue weighted by Crippen LogP contribution is 2.50. The van der Waals surface area contributed by atoms with E-state index in [1.54, 1.807) is 12.1 Å². The monoisotopic (exact) mass is 226 g/mol. The summed E-state index contributed by atoms with van der Waals surface area (Å²) in [4.78, 5) is 0. The van der Waals surface area contributed by atoms with E-state index in [1.165, 1.54) is 0 Å². The molecule has 0 atom stereocenters. The largest absolute Gasteiger partial charge is 0.508 e. The van der Waals surface area contributed by atoms with Gasteiger partial charge in [0.25, 0.3) is 0 Å². The first-order chi connectivity index (χ1) is 8.00. The van der Waals surface area contributed by atoms with E-state index in [9.17, 15) is 10.2 Å². The lowest BCUT2D eigenvalue weighted by Gasteiger charge is -2.21. The molecular weight excluding hydrogens is 212 g/mol. The van der Waals surface area contributed by atoms with E-state index in [4.69, 9.17) is 0 Å². The first-order valence-corrected chi connectivity index (χ1v) is 5.67. The molecule has 0 unspecified atom stereocenters. The summed E-state index contributed by atoms with van der Waals surface area (Å²) >= 11 is 0. The van der Waals surface area contributed by atoms with Crippen molar-refractivity contribution in [2.45, 2.75) is 19.3 Å². The van der Waals surface area contributed by atoms with Gasteiger partial charge in [0, 0.05) is 5.41 Å². The summed E-state index contributed by atoms with van der Waals surface area (Å²) in [6.45, 7) is 4.22. The smallest absolute Gasteiger partial charge is 0.115 e. The van der Waals surface area contributed by atoms with Gasteiger partial charge in [-0.2, -0.15) is 0 Å². The number of phenols is 2. The zero-order chi connectivity index (χ0) is 12.2. The lowest BCUT2D eigenvalue weighted by molar-refractivity contribution is 0.471. The molecule has 0 saturated heterocycles. The van der Waals surface area contributed by atoms with Crippen LogP contribution in [0.5, 0.6) is 11.5 Å². The molecule has 0 spiro atoms. The summed E-state index contributed by atoms with van der Waals surface area (Å²) in [5, 5.41) is 19.2. The molecule has 3 rings (SSSR count). The van der Waals surface area contributed by atoms with Crippen LogP contribution in [0.15, 0.2) is 36.4 Å². The van der Waals surface area contributed by atoms with Crippen molar-refractivity contribution in [2.75, 3.05) is 0 Å². The van der Waals surface area contributed by atoms with E-state index in [-0.39, 0.29) is 16.9 Å². The van der Waals surface area contributed by atoms with Crippen LogP contribution in [0, 0.1) is 0 Å². The Hall–Kier alpha value is -1.96. The third kappa shape index (κ3) is 1.27. The third-order valence-corrected chi connectivity index (χ3v) is 3.64. The molecule has 0 aromatic heterocycles. The van der Waals surface area contributed by atoms with E-state index in [1.807, 2.05) is 24.3 Å². The van der Waals surface area contributed by atoms with Crippen molar-refractivity contribution in [3.8, 4) is 22.6 Å². The molecular formula is C15H14O2. The quantitative estimate of drug-likeness (QED) is 0.722. The van der Waals surface area contributed by atoms with E-state index in [2.05, 4.69) is 13.8 Å². The van der Waals surface area contributed by atoms with Gasteiger partial charge in [-0.05, 0) is 46.5 Å². The highest BCUT2D eigenvalue weighted by molar-refractivity contribution is 5.81. The van der Waals surface area contributed by atoms with Crippen molar-refractivity contribution in [2.24, 2.45) is 0 Å². The Labute approximate surface area is 100 Å². The Kier molecular flexibility index (Phi) is 1.82. The second-order valence-corrected chi connectivity index (χ2v) is 5.08. The molecule has 0 fully saturated rings. The minimum atomic E-state index is -0.178. The van der Waals surface area contributed by atoms with Crippen molar-refractivity contribution in [3.05, 3.63) is 47.5 Å². The predicted octanol–water partition coefficient (Wildman–Crippen LogP) is 3.40. The summed E-state index contributed by atoms with van der Waals surface area (Å²) in [6.07, 6.45) is 0. The molecule has 0 aliphatic heterocycles. The fourth-order valence-corrected chi connectivity index (χ4v) is 2.71. The lowest BCUT2D eigenvalue weighted by Crippen LogP contribution is -2.14. The normalized spacial score (nSPS) is 15.4. The average Bonchev–Trinajstić information content (AvgIpc) is 2.49. The summed E-state index contributed by atoms with van der Waals surface area (Å²) in [5.41, 5.74) is 4.32. The number of aromatic hydroxyl groups is 2. The topological polar surface area (TPSA) is 40.5 Å². The predicted molar refractivity (Wildman–Crippen MR) is 67.3 cm³/mol. The summed E-state index contributed by atoms with van der Waals surface area (Å²) < 4.78 is 0. The van der Waals surface area contributed by atoms with Crippen LogP contribution < -0.4 is 0 Å². The maximum atomic E-state index is 9.61. The van der Waals surface area contributed by atoms with Gasteiger partial charge in [-0.3, -0.25) is 0 Å². The Bertz CT molecular complexity index is 559. The molecule has 2 nitrogen and oxygen atoms in total. The van der Waals surface area contributed by atoms with Crippen molar-refractivity contribution >= 4 is 0 Å². The van der Waals surface area contributed by atoms with Gasteiger partial charge in [-0.1, -0.05) is 26.0 Å². The van der Waals surface area contributed by atoms with Gasteiger partial charge in [0.2, 0.25) is 0 Å². The number of hydrogen-bond acceptors (Lipinski definition) is 2. The molecule has 2 aromatic carbocycles. The molecule has 2 N–H and O–H groups in total. The molecule has 0 radical (unpaired) electrons. The Balaban J connectivity index is 2.37. The van der Waals surface area contributed by atoms with Crippen LogP contribution in [0.1, 0.15) is 25.0 Å². The highest BCUT2D eigenvalue weighted by Gasteiger charge is 2.35. The second-order valence-electron chi connectivity index (χ2n) is 5.08. The van der Waals surface area contributed by atoms with Crippen LogP contribution in [0.25, 0.3) is 11.1 Å². The molecule has 0 saturated carbocycles. The van der Waals surface area contributed by atoms with E-state index >= 15 is 0 Å². The highest BCUT2D eigenvalue weighted by atomic mass is 16.3. The van der Waals surface area contributed by atoms with Gasteiger partial charge in [-0.15, -0.1) is 0 Å². The van der Waals surface area contributed by atoms with Gasteiger partial charge in [0.15, 0.2) is 0 Å². The molecule has 0 amide bonds. The van der Waals surface area contributed by atoms with Crippen LogP contribution in [0.3, 0.4) is 0 Å². The van der Waals surface area contributed by atoms with Crippen LogP contribution in [-0.4, -0.2) is 10.2 Å². The fraction of sp³-hybridized carbons (Fsp3) is 0.200. The first kappa shape index (κ1) is 10.2. The van der Waals surface area contributed by atoms with Crippen LogP contribution >= 0.6 is 0 Å². The maximum Gasteiger partial charge on any atom is 0.115 e. The van der Waals surface area contributed by atoms with Gasteiger partial charge in [0.1, 0.15) is 11.5 Å². The molecule has 17 heavy (non-hydrogen) atoms. The summed E-state index contributed by atoms with van der Waals surface area (Å²) in [7, 11) is 0. The van der Waals surface area contributed by atoms with Crippen LogP contribution in [-0.2, 0) is 5.41 Å². The third-order valence-electron chi connectivity index (χ3n) is 3.64. The van der Waals surface area contributed by atoms with E-state index in [0.29, 0.717) is 0 Å². The summed E-state index contributed by atoms with van der Waals surface area (Å²) in [5.74, 6) is 0.572. The van der Waals surface area contributed by atoms with Crippen molar-refractivity contribution in [1.82, 2.24) is 0 Å². The van der Waals surface area contributed by atoms with E-state index in [0.717, 1.165) is 22.3 Å². The van der Waals surface area contributed by atoms with Gasteiger partial charge >= 0.3 is 0 Å². The number of benzene rings is 2. The van der Waals surface area contributed by atoms with Crippen molar-refractivity contribution < 1.29 is 10.2 Å². The fourth-order valence-electron chi connectivity index (χ4n) is 2.71. The van der Waals surface area contributed by atoms with Gasteiger partial charge in [0.05, 0.1) is 0 Å². The van der Waals surface area contributed by atoms with Crippen LogP contribution in [0.2, 0.25) is 0 Å². The number of hydrogen-bond donors (Lipinski definition) is 2. The zero-order valence-corrected chi connectivity index (χ0v) is 9.86. The van der Waals surface area contributed by atoms with Crippen molar-refractivity contribution in [1.29, 1.82) is 0 Å². The first-order valence-electron chi connectivity index (χ1n) is 5.67. The molecule has 2 aromatic rings. The minimum absolute atomic E-state index is 0.178. The average molecular weight is 226 g/mol. The number of phenolic OH excluding ortho intramolecular Hbond substituents is 2. The number of rotatable bonds is 0. The van der Waals surface area contributed by atoms with Gasteiger partial charge in [-0.25, -0.2) is 0 Å². The standard InChI is InChI=1S/C15H14O2/c1-15(2)13-7-9(16)3-5-11(13)12-6-4-10(17)8-14(12)15/h3-8,16-17H,1-2H3. The Morgan fingerprint density at radius 2 is 1.18 bits per heavy atom. The second kappa shape index (κ2) is 3.04. The molecule has 0 heterocycles. The van der Waals surface area contributed by atoms with Crippen LogP contribution in [0.4, 0.5) is 0 Å². The van der Waals surface area contributed by atoms with Crippen molar-refractivity contribution in [3.63, 3.8) is 0 Å². The molecule has 2 heteroatoms. The van der Waals surface area contributed by atoms with Gasteiger partial charge < -0.3 is 10.2 Å². The molecule has 1 aliphatic carbocycles. The minimum Gasteiger partial charge on any atom is -0.508 e. The lowest BCUT2D eigenvalue weighted by atomic mass is 9.82. The number of fused-ring (bicyclic) bond motifs is 3. The maximum absolute atomic E-state index is 9.61. The Morgan fingerprint density at radius 1 is 0.765 bits per heavy atom. The zero-order valence-electron chi connectivity index (χ0n) is 9.86. The summed E-state index contributed by atoms with van der Waals surface area (Å²) in [6, 6.07) is 10.9. The van der Waals surface area contributed by atoms with E-state index < -0.39 is 0 Å². The molecule has 86 valence electrons. The molecule has 1 aliphatic rings. The SMILES string of the molecule is CC1(C)c2cc(O)ccc2-c2ccc(O)cc21. The Morgan fingerprint density at radius 3 is 1.59 bits per heavy atom. The molecule has 0 bridgehead atoms.